The molecule has 0 aliphatic heterocycles. The van der Waals surface area contributed by atoms with Gasteiger partial charge in [0.15, 0.2) is 6.61 Å². The molecular formula is C18H21NO3. The molecule has 0 radical (unpaired) electrons. The second-order valence-electron chi connectivity index (χ2n) is 6.08. The van der Waals surface area contributed by atoms with Gasteiger partial charge in [-0.3, -0.25) is 9.59 Å². The van der Waals surface area contributed by atoms with Gasteiger partial charge in [0.2, 0.25) is 0 Å². The lowest BCUT2D eigenvalue weighted by Gasteiger charge is -2.16. The Balaban J connectivity index is 1.34. The fourth-order valence-electron chi connectivity index (χ4n) is 3.34. The first-order valence-electron chi connectivity index (χ1n) is 7.88. The van der Waals surface area contributed by atoms with Crippen LogP contribution < -0.4 is 5.32 Å². The molecule has 0 spiro atoms. The zero-order valence-corrected chi connectivity index (χ0v) is 12.5. The van der Waals surface area contributed by atoms with Crippen molar-refractivity contribution < 1.29 is 14.3 Å². The van der Waals surface area contributed by atoms with Gasteiger partial charge in [-0.05, 0) is 36.7 Å². The van der Waals surface area contributed by atoms with Crippen LogP contribution in [0.1, 0.15) is 18.4 Å². The molecule has 1 aromatic rings. The summed E-state index contributed by atoms with van der Waals surface area (Å²) in [5, 5.41) is 2.78. The molecule has 0 unspecified atom stereocenters. The van der Waals surface area contributed by atoms with Gasteiger partial charge in [0.1, 0.15) is 0 Å². The quantitative estimate of drug-likeness (QED) is 0.646. The maximum absolute atomic E-state index is 12.0. The lowest BCUT2D eigenvalue weighted by Crippen LogP contribution is -2.32. The smallest absolute Gasteiger partial charge is 0.310 e. The molecule has 2 aliphatic rings. The van der Waals surface area contributed by atoms with E-state index in [1.54, 1.807) is 0 Å². The van der Waals surface area contributed by atoms with Crippen molar-refractivity contribution in [2.24, 2.45) is 17.8 Å². The predicted octanol–water partition coefficient (Wildman–Crippen LogP) is 2.10. The Morgan fingerprint density at radius 3 is 2.64 bits per heavy atom. The van der Waals surface area contributed by atoms with Crippen molar-refractivity contribution in [3.8, 4) is 0 Å². The van der Waals surface area contributed by atoms with Gasteiger partial charge >= 0.3 is 5.97 Å². The van der Waals surface area contributed by atoms with E-state index in [0.29, 0.717) is 18.4 Å². The lowest BCUT2D eigenvalue weighted by molar-refractivity contribution is -0.153. The topological polar surface area (TPSA) is 55.4 Å². The Labute approximate surface area is 130 Å². The number of ether oxygens (including phenoxy) is 1. The Kier molecular flexibility index (Phi) is 4.56. The minimum atomic E-state index is -0.233. The van der Waals surface area contributed by atoms with Crippen LogP contribution in [0.25, 0.3) is 0 Å². The molecule has 116 valence electrons. The number of hydrogen-bond acceptors (Lipinski definition) is 3. The normalized spacial score (nSPS) is 25.2. The van der Waals surface area contributed by atoms with E-state index in [-0.39, 0.29) is 24.4 Å². The zero-order valence-electron chi connectivity index (χ0n) is 12.5. The van der Waals surface area contributed by atoms with Crippen LogP contribution in [0.5, 0.6) is 0 Å². The van der Waals surface area contributed by atoms with E-state index in [9.17, 15) is 9.59 Å². The Hall–Kier alpha value is -2.10. The summed E-state index contributed by atoms with van der Waals surface area (Å²) >= 11 is 0. The van der Waals surface area contributed by atoms with Crippen molar-refractivity contribution >= 4 is 11.9 Å². The summed E-state index contributed by atoms with van der Waals surface area (Å²) in [5.41, 5.74) is 1.17. The van der Waals surface area contributed by atoms with E-state index >= 15 is 0 Å². The molecule has 3 atom stereocenters. The van der Waals surface area contributed by atoms with Gasteiger partial charge < -0.3 is 10.1 Å². The second kappa shape index (κ2) is 6.77. The highest BCUT2D eigenvalue weighted by molar-refractivity contribution is 5.81. The maximum atomic E-state index is 12.0. The summed E-state index contributed by atoms with van der Waals surface area (Å²) in [7, 11) is 0. The van der Waals surface area contributed by atoms with Crippen molar-refractivity contribution in [2.45, 2.75) is 19.3 Å². The van der Waals surface area contributed by atoms with Gasteiger partial charge in [0, 0.05) is 6.54 Å². The largest absolute Gasteiger partial charge is 0.455 e. The van der Waals surface area contributed by atoms with Crippen LogP contribution in [0.2, 0.25) is 0 Å². The van der Waals surface area contributed by atoms with E-state index in [4.69, 9.17) is 4.74 Å². The molecule has 1 N–H and O–H groups in total. The fourth-order valence-corrected chi connectivity index (χ4v) is 3.34. The van der Waals surface area contributed by atoms with Crippen LogP contribution >= 0.6 is 0 Å². The fraction of sp³-hybridized carbons (Fsp3) is 0.444. The molecule has 4 heteroatoms. The molecule has 1 aromatic carbocycles. The van der Waals surface area contributed by atoms with Crippen LogP contribution in [0.3, 0.4) is 0 Å². The first kappa shape index (κ1) is 14.8. The molecule has 2 aliphatic carbocycles. The second-order valence-corrected chi connectivity index (χ2v) is 6.08. The van der Waals surface area contributed by atoms with E-state index in [0.717, 1.165) is 19.3 Å². The molecule has 1 fully saturated rings. The molecule has 0 heterocycles. The summed E-state index contributed by atoms with van der Waals surface area (Å²) in [6.45, 7) is 0.377. The number of carbonyl (C=O) groups excluding carboxylic acids is 2. The number of amides is 1. The average Bonchev–Trinajstić information content (AvgIpc) is 3.17. The van der Waals surface area contributed by atoms with Gasteiger partial charge in [0.05, 0.1) is 5.92 Å². The van der Waals surface area contributed by atoms with Crippen molar-refractivity contribution in [2.75, 3.05) is 13.2 Å². The lowest BCUT2D eigenvalue weighted by atomic mass is 9.94. The number of nitrogens with one attached hydrogen (secondary N) is 1. The van der Waals surface area contributed by atoms with Crippen LogP contribution in [0, 0.1) is 17.8 Å². The van der Waals surface area contributed by atoms with Crippen LogP contribution in [0.4, 0.5) is 0 Å². The molecule has 0 aromatic heterocycles. The molecule has 2 bridgehead atoms. The molecule has 3 rings (SSSR count). The van der Waals surface area contributed by atoms with Crippen molar-refractivity contribution in [1.29, 1.82) is 0 Å². The Morgan fingerprint density at radius 2 is 1.95 bits per heavy atom. The highest BCUT2D eigenvalue weighted by Crippen LogP contribution is 2.43. The summed E-state index contributed by atoms with van der Waals surface area (Å²) in [5.74, 6) is 0.339. The van der Waals surface area contributed by atoms with E-state index in [1.807, 2.05) is 30.3 Å². The SMILES string of the molecule is O=C(COC(=O)[C@@H]1C[C@H]2C=C[C@H]1C2)NCCc1ccccc1. The molecule has 1 amide bonds. The number of benzene rings is 1. The van der Waals surface area contributed by atoms with Crippen LogP contribution in [-0.2, 0) is 20.7 Å². The molecule has 4 nitrogen and oxygen atoms in total. The summed E-state index contributed by atoms with van der Waals surface area (Å²) in [4.78, 5) is 23.7. The molecule has 1 saturated carbocycles. The molecule has 22 heavy (non-hydrogen) atoms. The third-order valence-corrected chi connectivity index (χ3v) is 4.51. The third-order valence-electron chi connectivity index (χ3n) is 4.51. The van der Waals surface area contributed by atoms with Crippen LogP contribution in [0.15, 0.2) is 42.5 Å². The number of allylic oxidation sites excluding steroid dienone is 2. The monoisotopic (exact) mass is 299 g/mol. The minimum Gasteiger partial charge on any atom is -0.455 e. The van der Waals surface area contributed by atoms with Gasteiger partial charge in [-0.15, -0.1) is 0 Å². The summed E-state index contributed by atoms with van der Waals surface area (Å²) in [6.07, 6.45) is 7.00. The highest BCUT2D eigenvalue weighted by Gasteiger charge is 2.40. The van der Waals surface area contributed by atoms with E-state index in [1.165, 1.54) is 5.56 Å². The third kappa shape index (κ3) is 3.56. The standard InChI is InChI=1S/C18H21NO3/c20-17(19-9-8-13-4-2-1-3-5-13)12-22-18(21)16-11-14-6-7-15(16)10-14/h1-7,14-16H,8-12H2,(H,19,20)/t14-,15-,16+/m0/s1. The van der Waals surface area contributed by atoms with Crippen LogP contribution in [-0.4, -0.2) is 25.0 Å². The number of esters is 1. The predicted molar refractivity (Wildman–Crippen MR) is 83.0 cm³/mol. The summed E-state index contributed by atoms with van der Waals surface area (Å²) < 4.78 is 5.16. The van der Waals surface area contributed by atoms with E-state index < -0.39 is 0 Å². The van der Waals surface area contributed by atoms with Crippen molar-refractivity contribution in [3.63, 3.8) is 0 Å². The minimum absolute atomic E-state index is 0.0490. The highest BCUT2D eigenvalue weighted by atomic mass is 16.5. The van der Waals surface area contributed by atoms with Gasteiger partial charge in [0.25, 0.3) is 5.91 Å². The number of fused-ring (bicyclic) bond motifs is 2. The first-order chi connectivity index (χ1) is 10.7. The van der Waals surface area contributed by atoms with E-state index in [2.05, 4.69) is 17.5 Å². The summed E-state index contributed by atoms with van der Waals surface area (Å²) in [6, 6.07) is 9.96. The van der Waals surface area contributed by atoms with Gasteiger partial charge in [-0.2, -0.15) is 0 Å². The number of hydrogen-bond donors (Lipinski definition) is 1. The van der Waals surface area contributed by atoms with Crippen molar-refractivity contribution in [3.05, 3.63) is 48.0 Å². The Morgan fingerprint density at radius 1 is 1.14 bits per heavy atom. The first-order valence-corrected chi connectivity index (χ1v) is 7.88. The Bertz CT molecular complexity index is 567. The number of carbonyl (C=O) groups is 2. The maximum Gasteiger partial charge on any atom is 0.310 e. The average molecular weight is 299 g/mol. The zero-order chi connectivity index (χ0) is 15.4. The van der Waals surface area contributed by atoms with Gasteiger partial charge in [-0.1, -0.05) is 42.5 Å². The number of rotatable bonds is 6. The van der Waals surface area contributed by atoms with Gasteiger partial charge in [-0.25, -0.2) is 0 Å². The molecule has 0 saturated heterocycles. The van der Waals surface area contributed by atoms with Crippen molar-refractivity contribution in [1.82, 2.24) is 5.32 Å². The molecular weight excluding hydrogens is 278 g/mol.